The highest BCUT2D eigenvalue weighted by molar-refractivity contribution is 4.95. The molecule has 1 atom stereocenters. The maximum Gasteiger partial charge on any atom is 0.0725 e. The van der Waals surface area contributed by atoms with Crippen LogP contribution in [0.15, 0.2) is 6.20 Å². The van der Waals surface area contributed by atoms with Crippen LogP contribution in [0, 0.1) is 5.92 Å². The molecule has 1 saturated heterocycles. The molecular weight excluding hydrogens is 164 g/mol. The Bertz CT molecular complexity index is 262. The van der Waals surface area contributed by atoms with E-state index in [9.17, 15) is 0 Å². The Morgan fingerprint density at radius 3 is 3.23 bits per heavy atom. The Hall–Kier alpha value is -0.900. The van der Waals surface area contributed by atoms with Gasteiger partial charge in [-0.05, 0) is 38.3 Å². The zero-order valence-electron chi connectivity index (χ0n) is 8.03. The summed E-state index contributed by atoms with van der Waals surface area (Å²) in [5, 5.41) is 11.2. The van der Waals surface area contributed by atoms with Crippen molar-refractivity contribution in [3.05, 3.63) is 11.9 Å². The van der Waals surface area contributed by atoms with E-state index in [-0.39, 0.29) is 0 Å². The molecule has 2 heterocycles. The lowest BCUT2D eigenvalue weighted by Gasteiger charge is -2.22. The lowest BCUT2D eigenvalue weighted by atomic mass is 9.95. The summed E-state index contributed by atoms with van der Waals surface area (Å²) in [6, 6.07) is 0. The molecule has 2 rings (SSSR count). The van der Waals surface area contributed by atoms with Gasteiger partial charge in [0.25, 0.3) is 0 Å². The number of nitrogens with zero attached hydrogens (tertiary/aromatic N) is 3. The Morgan fingerprint density at radius 2 is 2.62 bits per heavy atom. The zero-order chi connectivity index (χ0) is 9.10. The van der Waals surface area contributed by atoms with Gasteiger partial charge in [-0.1, -0.05) is 5.21 Å². The summed E-state index contributed by atoms with van der Waals surface area (Å²) in [7, 11) is 1.96. The number of aromatic nitrogens is 3. The van der Waals surface area contributed by atoms with Crippen LogP contribution in [0.2, 0.25) is 0 Å². The van der Waals surface area contributed by atoms with E-state index in [4.69, 9.17) is 0 Å². The van der Waals surface area contributed by atoms with Crippen LogP contribution >= 0.6 is 0 Å². The molecule has 0 aliphatic carbocycles. The molecule has 1 fully saturated rings. The molecule has 1 aromatic heterocycles. The van der Waals surface area contributed by atoms with Crippen molar-refractivity contribution in [1.82, 2.24) is 20.3 Å². The summed E-state index contributed by atoms with van der Waals surface area (Å²) in [6.45, 7) is 2.32. The minimum atomic E-state index is 0.769. The van der Waals surface area contributed by atoms with Gasteiger partial charge in [0.2, 0.25) is 0 Å². The Balaban J connectivity index is 1.93. The van der Waals surface area contributed by atoms with Gasteiger partial charge >= 0.3 is 0 Å². The van der Waals surface area contributed by atoms with E-state index in [1.165, 1.54) is 25.1 Å². The molecule has 72 valence electrons. The van der Waals surface area contributed by atoms with Crippen molar-refractivity contribution in [1.29, 1.82) is 0 Å². The first-order valence-corrected chi connectivity index (χ1v) is 4.90. The van der Waals surface area contributed by atoms with Gasteiger partial charge in [0.15, 0.2) is 0 Å². The van der Waals surface area contributed by atoms with Gasteiger partial charge < -0.3 is 5.32 Å². The van der Waals surface area contributed by atoms with Crippen LogP contribution in [0.5, 0.6) is 0 Å². The van der Waals surface area contributed by atoms with Crippen LogP contribution in [-0.2, 0) is 13.5 Å². The van der Waals surface area contributed by atoms with Crippen molar-refractivity contribution in [3.63, 3.8) is 0 Å². The zero-order valence-corrected chi connectivity index (χ0v) is 8.03. The van der Waals surface area contributed by atoms with E-state index in [1.54, 1.807) is 0 Å². The van der Waals surface area contributed by atoms with Crippen LogP contribution in [0.3, 0.4) is 0 Å². The van der Waals surface area contributed by atoms with Gasteiger partial charge in [-0.3, -0.25) is 4.68 Å². The van der Waals surface area contributed by atoms with Gasteiger partial charge in [-0.15, -0.1) is 5.10 Å². The summed E-state index contributed by atoms with van der Waals surface area (Å²) < 4.78 is 1.87. The lowest BCUT2D eigenvalue weighted by Crippen LogP contribution is -2.31. The maximum atomic E-state index is 3.93. The first kappa shape index (κ1) is 8.69. The number of hydrogen-bond donors (Lipinski definition) is 1. The highest BCUT2D eigenvalue weighted by Crippen LogP contribution is 2.14. The van der Waals surface area contributed by atoms with Crippen molar-refractivity contribution >= 4 is 0 Å². The van der Waals surface area contributed by atoms with Crippen molar-refractivity contribution in [2.75, 3.05) is 13.1 Å². The molecule has 0 aromatic carbocycles. The Kier molecular flexibility index (Phi) is 2.59. The average molecular weight is 180 g/mol. The third-order valence-corrected chi connectivity index (χ3v) is 2.70. The number of nitrogens with one attached hydrogen (secondary N) is 1. The largest absolute Gasteiger partial charge is 0.316 e. The third kappa shape index (κ3) is 2.06. The molecule has 1 aliphatic rings. The Labute approximate surface area is 78.3 Å². The van der Waals surface area contributed by atoms with Crippen LogP contribution in [-0.4, -0.2) is 28.1 Å². The lowest BCUT2D eigenvalue weighted by molar-refractivity contribution is 0.369. The number of hydrogen-bond acceptors (Lipinski definition) is 3. The predicted molar refractivity (Wildman–Crippen MR) is 50.3 cm³/mol. The monoisotopic (exact) mass is 180 g/mol. The smallest absolute Gasteiger partial charge is 0.0725 e. The van der Waals surface area contributed by atoms with Gasteiger partial charge in [0.05, 0.1) is 11.9 Å². The Morgan fingerprint density at radius 1 is 1.69 bits per heavy atom. The second-order valence-corrected chi connectivity index (χ2v) is 3.77. The fourth-order valence-electron chi connectivity index (χ4n) is 1.89. The molecule has 0 bridgehead atoms. The van der Waals surface area contributed by atoms with Gasteiger partial charge in [-0.25, -0.2) is 0 Å². The van der Waals surface area contributed by atoms with E-state index >= 15 is 0 Å². The van der Waals surface area contributed by atoms with Crippen molar-refractivity contribution < 1.29 is 0 Å². The van der Waals surface area contributed by atoms with Gasteiger partial charge in [-0.2, -0.15) is 0 Å². The quantitative estimate of drug-likeness (QED) is 0.714. The van der Waals surface area contributed by atoms with E-state index in [2.05, 4.69) is 15.6 Å². The number of aryl methyl sites for hydroxylation is 1. The standard InChI is InChI=1S/C9H16N4/c1-13-9(7-11-12-13)5-8-3-2-4-10-6-8/h7-8,10H,2-6H2,1H3. The highest BCUT2D eigenvalue weighted by atomic mass is 15.4. The fourth-order valence-corrected chi connectivity index (χ4v) is 1.89. The van der Waals surface area contributed by atoms with Crippen LogP contribution in [0.25, 0.3) is 0 Å². The maximum absolute atomic E-state index is 3.93. The van der Waals surface area contributed by atoms with Crippen molar-refractivity contribution in [2.24, 2.45) is 13.0 Å². The second kappa shape index (κ2) is 3.87. The van der Waals surface area contributed by atoms with Gasteiger partial charge in [0.1, 0.15) is 0 Å². The fraction of sp³-hybridized carbons (Fsp3) is 0.778. The molecule has 1 aromatic rings. The molecule has 4 heteroatoms. The summed E-state index contributed by atoms with van der Waals surface area (Å²) in [6.07, 6.45) is 5.61. The summed E-state index contributed by atoms with van der Waals surface area (Å²) in [4.78, 5) is 0. The molecular formula is C9H16N4. The van der Waals surface area contributed by atoms with E-state index in [1.807, 2.05) is 17.9 Å². The molecule has 1 unspecified atom stereocenters. The van der Waals surface area contributed by atoms with Crippen molar-refractivity contribution in [3.8, 4) is 0 Å². The first-order chi connectivity index (χ1) is 6.36. The van der Waals surface area contributed by atoms with Gasteiger partial charge in [0, 0.05) is 7.05 Å². The highest BCUT2D eigenvalue weighted by Gasteiger charge is 2.14. The molecule has 1 N–H and O–H groups in total. The molecule has 13 heavy (non-hydrogen) atoms. The minimum Gasteiger partial charge on any atom is -0.316 e. The van der Waals surface area contributed by atoms with Crippen LogP contribution < -0.4 is 5.32 Å². The summed E-state index contributed by atoms with van der Waals surface area (Å²) >= 11 is 0. The van der Waals surface area contributed by atoms with Crippen molar-refractivity contribution in [2.45, 2.75) is 19.3 Å². The molecule has 0 spiro atoms. The molecule has 0 saturated carbocycles. The average Bonchev–Trinajstić information content (AvgIpc) is 2.54. The second-order valence-electron chi connectivity index (χ2n) is 3.77. The minimum absolute atomic E-state index is 0.769. The van der Waals surface area contributed by atoms with Crippen LogP contribution in [0.4, 0.5) is 0 Å². The normalized spacial score (nSPS) is 23.3. The van der Waals surface area contributed by atoms with E-state index in [0.29, 0.717) is 0 Å². The van der Waals surface area contributed by atoms with E-state index < -0.39 is 0 Å². The first-order valence-electron chi connectivity index (χ1n) is 4.90. The number of piperidine rings is 1. The molecule has 4 nitrogen and oxygen atoms in total. The summed E-state index contributed by atoms with van der Waals surface area (Å²) in [5.74, 6) is 0.769. The predicted octanol–water partition coefficient (Wildman–Crippen LogP) is 0.357. The summed E-state index contributed by atoms with van der Waals surface area (Å²) in [5.41, 5.74) is 1.24. The van der Waals surface area contributed by atoms with E-state index in [0.717, 1.165) is 18.9 Å². The topological polar surface area (TPSA) is 42.7 Å². The molecule has 1 aliphatic heterocycles. The third-order valence-electron chi connectivity index (χ3n) is 2.70. The molecule has 0 radical (unpaired) electrons. The molecule has 0 amide bonds. The van der Waals surface area contributed by atoms with Crippen LogP contribution in [0.1, 0.15) is 18.5 Å². The number of rotatable bonds is 2. The SMILES string of the molecule is Cn1nncc1CC1CCCNC1.